The Kier molecular flexibility index (Phi) is 8.10. The van der Waals surface area contributed by atoms with Crippen molar-refractivity contribution < 1.29 is 19.4 Å². The number of rotatable bonds is 9. The van der Waals surface area contributed by atoms with Crippen molar-refractivity contribution >= 4 is 17.7 Å². The number of ether oxygens (including phenoxy) is 1. The Labute approximate surface area is 184 Å². The van der Waals surface area contributed by atoms with E-state index >= 15 is 0 Å². The number of aliphatic hydroxyl groups is 1. The SMILES string of the molecule is O=C(Cn1cccnc1=O)Nc1ccc(CCOC(=O)NC[C@H](O)c2ccccc2)cc1. The Morgan fingerprint density at radius 1 is 1.06 bits per heavy atom. The van der Waals surface area contributed by atoms with Crippen molar-refractivity contribution in [1.82, 2.24) is 14.9 Å². The monoisotopic (exact) mass is 436 g/mol. The number of carbonyl (C=O) groups excluding carboxylic acids is 2. The van der Waals surface area contributed by atoms with E-state index in [1.54, 1.807) is 30.3 Å². The first-order valence-electron chi connectivity index (χ1n) is 10.0. The molecule has 0 fully saturated rings. The van der Waals surface area contributed by atoms with Gasteiger partial charge in [0.05, 0.1) is 19.3 Å². The zero-order valence-electron chi connectivity index (χ0n) is 17.3. The summed E-state index contributed by atoms with van der Waals surface area (Å²) < 4.78 is 6.35. The predicted octanol–water partition coefficient (Wildman–Crippen LogP) is 1.88. The summed E-state index contributed by atoms with van der Waals surface area (Å²) in [5.74, 6) is -0.342. The van der Waals surface area contributed by atoms with E-state index in [4.69, 9.17) is 4.74 Å². The molecule has 0 radical (unpaired) electrons. The Morgan fingerprint density at radius 2 is 1.81 bits per heavy atom. The number of nitrogens with one attached hydrogen (secondary N) is 2. The standard InChI is InChI=1S/C23H24N4O5/c28-20(18-5-2-1-3-6-18)15-25-23(31)32-14-11-17-7-9-19(10-8-17)26-21(29)16-27-13-4-12-24-22(27)30/h1-10,12-13,20,28H,11,14-16H2,(H,25,31)(H,26,29)/t20-/m0/s1. The van der Waals surface area contributed by atoms with Crippen molar-refractivity contribution in [2.24, 2.45) is 0 Å². The Hall–Kier alpha value is -3.98. The minimum absolute atomic E-state index is 0.0579. The van der Waals surface area contributed by atoms with Crippen molar-refractivity contribution in [2.45, 2.75) is 19.1 Å². The van der Waals surface area contributed by atoms with Gasteiger partial charge < -0.3 is 20.5 Å². The highest BCUT2D eigenvalue weighted by Crippen LogP contribution is 2.11. The van der Waals surface area contributed by atoms with E-state index in [9.17, 15) is 19.5 Å². The van der Waals surface area contributed by atoms with Gasteiger partial charge in [0.15, 0.2) is 0 Å². The number of hydrogen-bond donors (Lipinski definition) is 3. The lowest BCUT2D eigenvalue weighted by Crippen LogP contribution is -2.29. The molecule has 0 spiro atoms. The van der Waals surface area contributed by atoms with Crippen LogP contribution in [0.4, 0.5) is 10.5 Å². The van der Waals surface area contributed by atoms with Gasteiger partial charge in [0, 0.05) is 24.5 Å². The maximum atomic E-state index is 12.1. The fraction of sp³-hybridized carbons (Fsp3) is 0.217. The van der Waals surface area contributed by atoms with E-state index in [0.29, 0.717) is 17.7 Å². The number of hydrogen-bond acceptors (Lipinski definition) is 6. The molecule has 1 aromatic heterocycles. The molecule has 32 heavy (non-hydrogen) atoms. The molecule has 0 bridgehead atoms. The molecule has 3 aromatic rings. The second-order valence-electron chi connectivity index (χ2n) is 6.97. The largest absolute Gasteiger partial charge is 0.449 e. The molecule has 166 valence electrons. The quantitative estimate of drug-likeness (QED) is 0.471. The van der Waals surface area contributed by atoms with Gasteiger partial charge in [0.1, 0.15) is 6.54 Å². The zero-order chi connectivity index (χ0) is 22.8. The van der Waals surface area contributed by atoms with E-state index in [-0.39, 0.29) is 25.6 Å². The van der Waals surface area contributed by atoms with Crippen molar-refractivity contribution in [3.63, 3.8) is 0 Å². The molecule has 2 amide bonds. The first-order valence-corrected chi connectivity index (χ1v) is 10.0. The molecule has 0 aliphatic rings. The van der Waals surface area contributed by atoms with Crippen molar-refractivity contribution in [2.75, 3.05) is 18.5 Å². The Balaban J connectivity index is 1.37. The van der Waals surface area contributed by atoms with Gasteiger partial charge in [0.25, 0.3) is 0 Å². The summed E-state index contributed by atoms with van der Waals surface area (Å²) in [6.07, 6.45) is 1.96. The maximum absolute atomic E-state index is 12.1. The lowest BCUT2D eigenvalue weighted by Gasteiger charge is -2.12. The van der Waals surface area contributed by atoms with Crippen molar-refractivity contribution in [3.8, 4) is 0 Å². The van der Waals surface area contributed by atoms with Crippen LogP contribution in [-0.2, 0) is 22.5 Å². The average molecular weight is 436 g/mol. The third-order valence-electron chi connectivity index (χ3n) is 4.58. The van der Waals surface area contributed by atoms with Crippen molar-refractivity contribution in [3.05, 3.63) is 94.7 Å². The first-order chi connectivity index (χ1) is 15.5. The van der Waals surface area contributed by atoms with E-state index < -0.39 is 17.9 Å². The second kappa shape index (κ2) is 11.4. The summed E-state index contributed by atoms with van der Waals surface area (Å²) in [5, 5.41) is 15.3. The van der Waals surface area contributed by atoms with Gasteiger partial charge in [-0.25, -0.2) is 14.6 Å². The van der Waals surface area contributed by atoms with Crippen LogP contribution in [0.15, 0.2) is 77.9 Å². The Bertz CT molecular complexity index is 1080. The number of alkyl carbamates (subject to hydrolysis) is 1. The first kappa shape index (κ1) is 22.7. The summed E-state index contributed by atoms with van der Waals surface area (Å²) in [7, 11) is 0. The van der Waals surface area contributed by atoms with Crippen LogP contribution in [0.25, 0.3) is 0 Å². The molecule has 0 saturated carbocycles. The molecule has 0 saturated heterocycles. The van der Waals surface area contributed by atoms with Gasteiger partial charge in [-0.3, -0.25) is 9.36 Å². The average Bonchev–Trinajstić information content (AvgIpc) is 2.81. The highest BCUT2D eigenvalue weighted by molar-refractivity contribution is 5.90. The van der Waals surface area contributed by atoms with Gasteiger partial charge in [-0.1, -0.05) is 42.5 Å². The van der Waals surface area contributed by atoms with Crippen LogP contribution in [0.3, 0.4) is 0 Å². The third kappa shape index (κ3) is 7.06. The predicted molar refractivity (Wildman–Crippen MR) is 118 cm³/mol. The number of aromatic nitrogens is 2. The van der Waals surface area contributed by atoms with Crippen LogP contribution in [0.2, 0.25) is 0 Å². The number of nitrogens with zero attached hydrogens (tertiary/aromatic N) is 2. The molecular formula is C23H24N4O5. The number of benzene rings is 2. The normalized spacial score (nSPS) is 11.4. The van der Waals surface area contributed by atoms with E-state index in [2.05, 4.69) is 15.6 Å². The molecule has 3 rings (SSSR count). The van der Waals surface area contributed by atoms with Crippen LogP contribution < -0.4 is 16.3 Å². The summed E-state index contributed by atoms with van der Waals surface area (Å²) in [6, 6.07) is 17.7. The van der Waals surface area contributed by atoms with Crippen molar-refractivity contribution in [1.29, 1.82) is 0 Å². The number of carbonyl (C=O) groups is 2. The van der Waals surface area contributed by atoms with Gasteiger partial charge in [-0.2, -0.15) is 0 Å². The molecule has 1 atom stereocenters. The minimum Gasteiger partial charge on any atom is -0.449 e. The summed E-state index contributed by atoms with van der Waals surface area (Å²) in [6.45, 7) is 0.0989. The molecule has 0 aliphatic carbocycles. The molecule has 9 heteroatoms. The van der Waals surface area contributed by atoms with Gasteiger partial charge in [-0.15, -0.1) is 0 Å². The molecule has 0 unspecified atom stereocenters. The fourth-order valence-electron chi connectivity index (χ4n) is 2.90. The van der Waals surface area contributed by atoms with Gasteiger partial charge in [0.2, 0.25) is 5.91 Å². The highest BCUT2D eigenvalue weighted by atomic mass is 16.5. The minimum atomic E-state index is -0.803. The van der Waals surface area contributed by atoms with Gasteiger partial charge >= 0.3 is 11.8 Å². The fourth-order valence-corrected chi connectivity index (χ4v) is 2.90. The van der Waals surface area contributed by atoms with E-state index in [0.717, 1.165) is 5.56 Å². The summed E-state index contributed by atoms with van der Waals surface area (Å²) in [4.78, 5) is 39.0. The molecular weight excluding hydrogens is 412 g/mol. The molecule has 3 N–H and O–H groups in total. The van der Waals surface area contributed by atoms with Crippen LogP contribution in [-0.4, -0.2) is 39.8 Å². The topological polar surface area (TPSA) is 123 Å². The third-order valence-corrected chi connectivity index (χ3v) is 4.58. The maximum Gasteiger partial charge on any atom is 0.407 e. The van der Waals surface area contributed by atoms with Crippen LogP contribution >= 0.6 is 0 Å². The molecule has 2 aromatic carbocycles. The number of aliphatic hydroxyl groups excluding tert-OH is 1. The lowest BCUT2D eigenvalue weighted by atomic mass is 10.1. The summed E-state index contributed by atoms with van der Waals surface area (Å²) in [5.41, 5.74) is 1.73. The smallest absolute Gasteiger partial charge is 0.407 e. The lowest BCUT2D eigenvalue weighted by molar-refractivity contribution is -0.116. The number of amides is 2. The van der Waals surface area contributed by atoms with Crippen LogP contribution in [0, 0.1) is 0 Å². The number of anilines is 1. The molecule has 9 nitrogen and oxygen atoms in total. The van der Waals surface area contributed by atoms with E-state index in [1.807, 2.05) is 30.3 Å². The molecule has 1 heterocycles. The van der Waals surface area contributed by atoms with Crippen LogP contribution in [0.1, 0.15) is 17.2 Å². The van der Waals surface area contributed by atoms with Gasteiger partial charge in [-0.05, 0) is 29.3 Å². The molecule has 0 aliphatic heterocycles. The highest BCUT2D eigenvalue weighted by Gasteiger charge is 2.10. The second-order valence-corrected chi connectivity index (χ2v) is 6.97. The zero-order valence-corrected chi connectivity index (χ0v) is 17.3. The van der Waals surface area contributed by atoms with Crippen LogP contribution in [0.5, 0.6) is 0 Å². The Morgan fingerprint density at radius 3 is 2.53 bits per heavy atom. The summed E-state index contributed by atoms with van der Waals surface area (Å²) >= 11 is 0. The van der Waals surface area contributed by atoms with E-state index in [1.165, 1.54) is 17.0 Å².